The molecule has 0 aliphatic rings. The Morgan fingerprint density at radius 1 is 1.11 bits per heavy atom. The van der Waals surface area contributed by atoms with Crippen LogP contribution in [0.25, 0.3) is 0 Å². The van der Waals surface area contributed by atoms with E-state index >= 15 is 0 Å². The summed E-state index contributed by atoms with van der Waals surface area (Å²) in [5.41, 5.74) is 2.60. The van der Waals surface area contributed by atoms with Gasteiger partial charge in [-0.15, -0.1) is 0 Å². The molecule has 0 amide bonds. The van der Waals surface area contributed by atoms with E-state index in [0.29, 0.717) is 0 Å². The third-order valence-corrected chi connectivity index (χ3v) is 2.75. The zero-order valence-corrected chi connectivity index (χ0v) is 12.5. The third kappa shape index (κ3) is 6.25. The molecule has 1 aromatic carbocycles. The van der Waals surface area contributed by atoms with E-state index in [-0.39, 0.29) is 0 Å². The average molecular weight is 262 g/mol. The molecule has 0 aliphatic carbocycles. The highest BCUT2D eigenvalue weighted by atomic mass is 15.2. The molecule has 0 aromatic heterocycles. The number of aliphatic imine (C=N–C) groups is 1. The van der Waals surface area contributed by atoms with Crippen molar-refractivity contribution in [3.63, 3.8) is 0 Å². The molecule has 4 heteroatoms. The minimum atomic E-state index is 0.797. The van der Waals surface area contributed by atoms with Crippen molar-refractivity contribution in [3.05, 3.63) is 35.4 Å². The van der Waals surface area contributed by atoms with Gasteiger partial charge in [-0.25, -0.2) is 0 Å². The maximum absolute atomic E-state index is 4.19. The Hall–Kier alpha value is -1.55. The van der Waals surface area contributed by atoms with Gasteiger partial charge in [0.05, 0.1) is 0 Å². The summed E-state index contributed by atoms with van der Waals surface area (Å²) >= 11 is 0. The Labute approximate surface area is 116 Å². The van der Waals surface area contributed by atoms with Gasteiger partial charge in [0.15, 0.2) is 5.96 Å². The molecule has 0 bridgehead atoms. The first kappa shape index (κ1) is 15.5. The maximum Gasteiger partial charge on any atom is 0.191 e. The maximum atomic E-state index is 4.19. The molecular formula is C15H26N4. The highest BCUT2D eigenvalue weighted by Crippen LogP contribution is 2.05. The minimum Gasteiger partial charge on any atom is -0.356 e. The first-order valence-corrected chi connectivity index (χ1v) is 6.82. The first-order chi connectivity index (χ1) is 9.15. The summed E-state index contributed by atoms with van der Waals surface area (Å²) in [5.74, 6) is 0.860. The van der Waals surface area contributed by atoms with E-state index in [0.717, 1.165) is 32.0 Å². The molecule has 19 heavy (non-hydrogen) atoms. The lowest BCUT2D eigenvalue weighted by atomic mass is 10.1. The van der Waals surface area contributed by atoms with Crippen LogP contribution in [-0.4, -0.2) is 38.5 Å². The van der Waals surface area contributed by atoms with Gasteiger partial charge in [-0.05, 0) is 31.6 Å². The molecular weight excluding hydrogens is 236 g/mol. The monoisotopic (exact) mass is 262 g/mol. The molecule has 1 aromatic rings. The summed E-state index contributed by atoms with van der Waals surface area (Å²) in [6.45, 7) is 4.87. The van der Waals surface area contributed by atoms with Crippen molar-refractivity contribution in [2.45, 2.75) is 26.4 Å². The van der Waals surface area contributed by atoms with Crippen molar-refractivity contribution in [1.29, 1.82) is 0 Å². The summed E-state index contributed by atoms with van der Waals surface area (Å²) in [7, 11) is 5.96. The zero-order chi connectivity index (χ0) is 14.1. The molecule has 106 valence electrons. The number of hydrogen-bond acceptors (Lipinski definition) is 2. The van der Waals surface area contributed by atoms with Crippen LogP contribution >= 0.6 is 0 Å². The number of rotatable bonds is 6. The second-order valence-electron chi connectivity index (χ2n) is 4.91. The molecule has 0 saturated heterocycles. The van der Waals surface area contributed by atoms with Crippen molar-refractivity contribution in [2.24, 2.45) is 4.99 Å². The van der Waals surface area contributed by atoms with Crippen LogP contribution in [0.15, 0.2) is 29.3 Å². The molecule has 0 aliphatic heterocycles. The average Bonchev–Trinajstić information content (AvgIpc) is 2.40. The van der Waals surface area contributed by atoms with E-state index in [1.54, 1.807) is 7.05 Å². The Morgan fingerprint density at radius 3 is 2.26 bits per heavy atom. The van der Waals surface area contributed by atoms with Gasteiger partial charge < -0.3 is 15.5 Å². The zero-order valence-electron chi connectivity index (χ0n) is 12.5. The van der Waals surface area contributed by atoms with Gasteiger partial charge >= 0.3 is 0 Å². The van der Waals surface area contributed by atoms with E-state index in [1.165, 1.54) is 11.1 Å². The topological polar surface area (TPSA) is 39.7 Å². The van der Waals surface area contributed by atoms with E-state index in [1.807, 2.05) is 0 Å². The molecule has 1 rings (SSSR count). The van der Waals surface area contributed by atoms with Crippen molar-refractivity contribution in [3.8, 4) is 0 Å². The number of hydrogen-bond donors (Lipinski definition) is 2. The summed E-state index contributed by atoms with van der Waals surface area (Å²) in [6.07, 6.45) is 1.10. The summed E-state index contributed by atoms with van der Waals surface area (Å²) < 4.78 is 0. The predicted octanol–water partition coefficient (Wildman–Crippen LogP) is 1.82. The standard InChI is InChI=1S/C15H26N4/c1-5-10-17-15(16-2)18-11-13-6-8-14(9-7-13)12-19(3)4/h6-9H,5,10-12H2,1-4H3,(H2,16,17,18). The minimum absolute atomic E-state index is 0.797. The SMILES string of the molecule is CCCNC(=NC)NCc1ccc(CN(C)C)cc1. The number of benzene rings is 1. The number of nitrogens with one attached hydrogen (secondary N) is 2. The van der Waals surface area contributed by atoms with Gasteiger partial charge in [0, 0.05) is 26.7 Å². The van der Waals surface area contributed by atoms with E-state index < -0.39 is 0 Å². The van der Waals surface area contributed by atoms with E-state index in [9.17, 15) is 0 Å². The van der Waals surface area contributed by atoms with Crippen molar-refractivity contribution < 1.29 is 0 Å². The lowest BCUT2D eigenvalue weighted by Crippen LogP contribution is -2.37. The summed E-state index contributed by atoms with van der Waals surface area (Å²) in [6, 6.07) is 8.69. The summed E-state index contributed by atoms with van der Waals surface area (Å²) in [4.78, 5) is 6.36. The fourth-order valence-electron chi connectivity index (χ4n) is 1.78. The van der Waals surface area contributed by atoms with E-state index in [2.05, 4.69) is 65.8 Å². The van der Waals surface area contributed by atoms with Crippen LogP contribution in [0.3, 0.4) is 0 Å². The molecule has 0 fully saturated rings. The molecule has 4 nitrogen and oxygen atoms in total. The van der Waals surface area contributed by atoms with Crippen molar-refractivity contribution in [2.75, 3.05) is 27.7 Å². The summed E-state index contributed by atoms with van der Waals surface area (Å²) in [5, 5.41) is 6.57. The van der Waals surface area contributed by atoms with Crippen LogP contribution in [0, 0.1) is 0 Å². The lowest BCUT2D eigenvalue weighted by molar-refractivity contribution is 0.402. The molecule has 0 unspecified atom stereocenters. The number of nitrogens with zero attached hydrogens (tertiary/aromatic N) is 2. The fourth-order valence-corrected chi connectivity index (χ4v) is 1.78. The van der Waals surface area contributed by atoms with Crippen LogP contribution in [0.5, 0.6) is 0 Å². The van der Waals surface area contributed by atoms with Crippen molar-refractivity contribution in [1.82, 2.24) is 15.5 Å². The second-order valence-corrected chi connectivity index (χ2v) is 4.91. The predicted molar refractivity (Wildman–Crippen MR) is 82.3 cm³/mol. The quantitative estimate of drug-likeness (QED) is 0.607. The van der Waals surface area contributed by atoms with Gasteiger partial charge in [-0.3, -0.25) is 4.99 Å². The fraction of sp³-hybridized carbons (Fsp3) is 0.533. The van der Waals surface area contributed by atoms with Gasteiger partial charge in [-0.2, -0.15) is 0 Å². The molecule has 0 heterocycles. The van der Waals surface area contributed by atoms with Crippen LogP contribution < -0.4 is 10.6 Å². The highest BCUT2D eigenvalue weighted by molar-refractivity contribution is 5.79. The molecule has 0 atom stereocenters. The van der Waals surface area contributed by atoms with Gasteiger partial charge in [-0.1, -0.05) is 31.2 Å². The Kier molecular flexibility index (Phi) is 6.97. The Bertz CT molecular complexity index is 382. The largest absolute Gasteiger partial charge is 0.356 e. The van der Waals surface area contributed by atoms with Crippen LogP contribution in [0.2, 0.25) is 0 Å². The Morgan fingerprint density at radius 2 is 1.74 bits per heavy atom. The first-order valence-electron chi connectivity index (χ1n) is 6.82. The molecule has 0 spiro atoms. The van der Waals surface area contributed by atoms with E-state index in [4.69, 9.17) is 0 Å². The molecule has 0 saturated carbocycles. The van der Waals surface area contributed by atoms with Crippen LogP contribution in [0.4, 0.5) is 0 Å². The van der Waals surface area contributed by atoms with Crippen LogP contribution in [-0.2, 0) is 13.1 Å². The third-order valence-electron chi connectivity index (χ3n) is 2.75. The normalized spacial score (nSPS) is 11.7. The van der Waals surface area contributed by atoms with Crippen LogP contribution in [0.1, 0.15) is 24.5 Å². The van der Waals surface area contributed by atoms with Gasteiger partial charge in [0.25, 0.3) is 0 Å². The lowest BCUT2D eigenvalue weighted by Gasteiger charge is -2.12. The second kappa shape index (κ2) is 8.53. The molecule has 2 N–H and O–H groups in total. The Balaban J connectivity index is 2.44. The van der Waals surface area contributed by atoms with Gasteiger partial charge in [0.1, 0.15) is 0 Å². The van der Waals surface area contributed by atoms with Crippen molar-refractivity contribution >= 4 is 5.96 Å². The number of guanidine groups is 1. The van der Waals surface area contributed by atoms with Gasteiger partial charge in [0.2, 0.25) is 0 Å². The highest BCUT2D eigenvalue weighted by Gasteiger charge is 1.99. The molecule has 0 radical (unpaired) electrons. The smallest absolute Gasteiger partial charge is 0.191 e.